The van der Waals surface area contributed by atoms with E-state index in [-0.39, 0.29) is 35.4 Å². The van der Waals surface area contributed by atoms with Crippen molar-refractivity contribution in [1.82, 2.24) is 4.72 Å². The molecule has 3 aliphatic heterocycles. The van der Waals surface area contributed by atoms with Gasteiger partial charge in [0.05, 0.1) is 46.1 Å². The van der Waals surface area contributed by atoms with Crippen LogP contribution in [0.3, 0.4) is 0 Å². The average Bonchev–Trinajstić information content (AvgIpc) is 3.07. The zero-order valence-electron chi connectivity index (χ0n) is 24.3. The van der Waals surface area contributed by atoms with Gasteiger partial charge in [0.1, 0.15) is 5.75 Å². The molecular weight excluding hydrogens is 572 g/mol. The third-order valence-corrected chi connectivity index (χ3v) is 12.0. The molecular formula is C33H41ClN2O5S. The second-order valence-electron chi connectivity index (χ2n) is 13.2. The Labute approximate surface area is 254 Å². The molecule has 1 N–H and O–H groups in total. The fourth-order valence-corrected chi connectivity index (χ4v) is 9.65. The Morgan fingerprint density at radius 2 is 2.05 bits per heavy atom. The highest BCUT2D eigenvalue weighted by Gasteiger charge is 2.45. The van der Waals surface area contributed by atoms with Crippen molar-refractivity contribution in [2.75, 3.05) is 37.0 Å². The Balaban J connectivity index is 1.29. The van der Waals surface area contributed by atoms with Gasteiger partial charge < -0.3 is 19.1 Å². The molecule has 2 fully saturated rings. The van der Waals surface area contributed by atoms with Gasteiger partial charge in [0.15, 0.2) is 0 Å². The van der Waals surface area contributed by atoms with Gasteiger partial charge in [0.25, 0.3) is 5.91 Å². The molecule has 0 aromatic heterocycles. The lowest BCUT2D eigenvalue weighted by atomic mass is 9.67. The Kier molecular flexibility index (Phi) is 7.48. The van der Waals surface area contributed by atoms with E-state index in [0.717, 1.165) is 74.5 Å². The van der Waals surface area contributed by atoms with Crippen molar-refractivity contribution in [2.24, 2.45) is 11.8 Å². The van der Waals surface area contributed by atoms with Crippen molar-refractivity contribution in [3.8, 4) is 5.75 Å². The first-order valence-corrected chi connectivity index (χ1v) is 17.7. The lowest BCUT2D eigenvalue weighted by Gasteiger charge is -2.48. The van der Waals surface area contributed by atoms with Gasteiger partial charge in [-0.3, -0.25) is 9.52 Å². The lowest BCUT2D eigenvalue weighted by molar-refractivity contribution is -0.126. The summed E-state index contributed by atoms with van der Waals surface area (Å²) in [5.41, 5.74) is 3.82. The van der Waals surface area contributed by atoms with Crippen LogP contribution in [0.25, 0.3) is 0 Å². The topological polar surface area (TPSA) is 77.1 Å². The highest BCUT2D eigenvalue weighted by atomic mass is 35.5. The van der Waals surface area contributed by atoms with Crippen molar-refractivity contribution in [1.29, 1.82) is 0 Å². The van der Waals surface area contributed by atoms with Crippen molar-refractivity contribution < 1.29 is 23.2 Å². The molecule has 7 atom stereocenters. The highest BCUT2D eigenvalue weighted by Crippen LogP contribution is 2.47. The fraction of sp³-hybridized carbons (Fsp3) is 0.576. The fourth-order valence-electron chi connectivity index (χ4n) is 8.08. The Morgan fingerprint density at radius 3 is 2.88 bits per heavy atom. The summed E-state index contributed by atoms with van der Waals surface area (Å²) in [4.78, 5) is 15.9. The van der Waals surface area contributed by atoms with Crippen LogP contribution in [0, 0.1) is 11.8 Å². The van der Waals surface area contributed by atoms with E-state index in [1.807, 2.05) is 25.1 Å². The van der Waals surface area contributed by atoms with Crippen LogP contribution in [0.15, 0.2) is 36.4 Å². The number of carbonyl (C=O) groups excluding carboxylic acids is 1. The van der Waals surface area contributed by atoms with Gasteiger partial charge in [0, 0.05) is 42.1 Å². The molecule has 2 aliphatic carbocycles. The molecule has 3 heterocycles. The van der Waals surface area contributed by atoms with Gasteiger partial charge in [-0.2, -0.15) is 0 Å². The number of hydrogen-bond acceptors (Lipinski definition) is 6. The summed E-state index contributed by atoms with van der Waals surface area (Å²) in [5, 5.41) is 0.771. The number of anilines is 1. The highest BCUT2D eigenvalue weighted by molar-refractivity contribution is 7.99. The summed E-state index contributed by atoms with van der Waals surface area (Å²) < 4.78 is 35.5. The second-order valence-corrected chi connectivity index (χ2v) is 15.8. The van der Waals surface area contributed by atoms with Crippen LogP contribution in [0.2, 0.25) is 5.02 Å². The largest absolute Gasteiger partial charge is 0.490 e. The third kappa shape index (κ3) is 5.44. The maximum absolute atomic E-state index is 13.4. The standard InChI is InChI=1S/C33H41ClN2O5S/c1-21-18-42(2,38)35-32(37)23-6-10-30-29(15-23)36(17-24-5-8-27(24)31-16-26(41-21)11-13-39-31)19-33(20-40-30)12-3-4-22-14-25(34)7-9-28(22)33/h6-7,9-10,14-15,21,24,26-27,31H,2-5,8,11-13,16-20H2,1H3,(H,35,37,38)/t21-,24+,26-,27-,31-,33+,42?/m1/s1. The number of amides is 1. The van der Waals surface area contributed by atoms with Gasteiger partial charge in [0.2, 0.25) is 0 Å². The number of nitrogens with zero attached hydrogens (tertiary/aromatic N) is 1. The van der Waals surface area contributed by atoms with Gasteiger partial charge in [-0.25, -0.2) is 4.21 Å². The van der Waals surface area contributed by atoms with Crippen molar-refractivity contribution in [3.63, 3.8) is 0 Å². The summed E-state index contributed by atoms with van der Waals surface area (Å²) >= 11 is 6.42. The van der Waals surface area contributed by atoms with Crippen LogP contribution in [0.5, 0.6) is 5.75 Å². The number of rotatable bonds is 0. The molecule has 2 aromatic carbocycles. The number of aryl methyl sites for hydroxylation is 1. The zero-order chi connectivity index (χ0) is 29.1. The van der Waals surface area contributed by atoms with E-state index in [4.69, 9.17) is 25.8 Å². The van der Waals surface area contributed by atoms with E-state index in [1.165, 1.54) is 11.1 Å². The minimum atomic E-state index is -2.91. The maximum atomic E-state index is 13.4. The SMILES string of the molecule is C=S1(=O)C[C@@H](C)O[C@@H]2CCO[C@H](C2)[C@@H]2CC[C@H]2CN2C[C@@]3(CCCc4cc(Cl)ccc43)COc3ccc(cc32)C(=O)N1. The molecule has 4 bridgehead atoms. The van der Waals surface area contributed by atoms with E-state index in [2.05, 4.69) is 27.6 Å². The summed E-state index contributed by atoms with van der Waals surface area (Å²) in [7, 11) is -2.91. The first kappa shape index (κ1) is 28.5. The number of halogens is 1. The van der Waals surface area contributed by atoms with Crippen LogP contribution in [-0.2, 0) is 31.0 Å². The first-order chi connectivity index (χ1) is 20.2. The molecule has 7 rings (SSSR count). The van der Waals surface area contributed by atoms with Crippen molar-refractivity contribution >= 4 is 38.8 Å². The van der Waals surface area contributed by atoms with Crippen LogP contribution >= 0.6 is 11.6 Å². The molecule has 1 unspecified atom stereocenters. The smallest absolute Gasteiger partial charge is 0.262 e. The van der Waals surface area contributed by atoms with Crippen molar-refractivity contribution in [2.45, 2.75) is 75.6 Å². The van der Waals surface area contributed by atoms with Crippen LogP contribution in [0.4, 0.5) is 5.69 Å². The number of ether oxygens (including phenoxy) is 3. The van der Waals surface area contributed by atoms with Gasteiger partial charge in [-0.05, 0) is 105 Å². The lowest BCUT2D eigenvalue weighted by Crippen LogP contribution is -2.51. The maximum Gasteiger partial charge on any atom is 0.262 e. The molecule has 0 radical (unpaired) electrons. The number of carbonyl (C=O) groups is 1. The van der Waals surface area contributed by atoms with E-state index >= 15 is 0 Å². The first-order valence-electron chi connectivity index (χ1n) is 15.4. The van der Waals surface area contributed by atoms with E-state index < -0.39 is 9.71 Å². The Hall–Kier alpha value is -2.26. The molecule has 7 nitrogen and oxygen atoms in total. The Bertz CT molecular complexity index is 1480. The molecule has 42 heavy (non-hydrogen) atoms. The quantitative estimate of drug-likeness (QED) is 0.414. The minimum absolute atomic E-state index is 0.0542. The predicted molar refractivity (Wildman–Crippen MR) is 167 cm³/mol. The third-order valence-electron chi connectivity index (χ3n) is 10.2. The van der Waals surface area contributed by atoms with Crippen LogP contribution in [0.1, 0.15) is 66.9 Å². The van der Waals surface area contributed by atoms with E-state index in [9.17, 15) is 9.00 Å². The van der Waals surface area contributed by atoms with Crippen molar-refractivity contribution in [3.05, 3.63) is 58.1 Å². The molecule has 2 aromatic rings. The summed E-state index contributed by atoms with van der Waals surface area (Å²) in [6.07, 6.45) is 7.03. The summed E-state index contributed by atoms with van der Waals surface area (Å²) in [6.45, 7) is 4.82. The van der Waals surface area contributed by atoms with E-state index in [0.29, 0.717) is 30.6 Å². The molecule has 1 saturated carbocycles. The van der Waals surface area contributed by atoms with Gasteiger partial charge in [-0.15, -0.1) is 0 Å². The van der Waals surface area contributed by atoms with Crippen LogP contribution < -0.4 is 14.4 Å². The number of benzene rings is 2. The normalized spacial score (nSPS) is 36.5. The Morgan fingerprint density at radius 1 is 1.17 bits per heavy atom. The zero-order valence-corrected chi connectivity index (χ0v) is 25.9. The predicted octanol–water partition coefficient (Wildman–Crippen LogP) is 5.17. The van der Waals surface area contributed by atoms with Crippen LogP contribution in [-0.4, -0.2) is 66.4 Å². The number of hydrogen-bond donors (Lipinski definition) is 1. The van der Waals surface area contributed by atoms with E-state index in [1.54, 1.807) is 6.07 Å². The number of fused-ring (bicyclic) bond motifs is 7. The molecule has 5 aliphatic rings. The molecule has 9 heteroatoms. The van der Waals surface area contributed by atoms with Gasteiger partial charge >= 0.3 is 0 Å². The summed E-state index contributed by atoms with van der Waals surface area (Å²) in [5.74, 6) is 5.39. The van der Waals surface area contributed by atoms with Gasteiger partial charge in [-0.1, -0.05) is 17.7 Å². The average molecular weight is 613 g/mol. The summed E-state index contributed by atoms with van der Waals surface area (Å²) in [6, 6.07) is 11.9. The molecule has 226 valence electrons. The minimum Gasteiger partial charge on any atom is -0.490 e. The molecule has 1 spiro atoms. The second kappa shape index (κ2) is 11.0. The number of nitrogens with one attached hydrogen (secondary N) is 1. The monoisotopic (exact) mass is 612 g/mol. The molecule has 1 amide bonds. The molecule has 1 saturated heterocycles.